The van der Waals surface area contributed by atoms with Gasteiger partial charge >= 0.3 is 0 Å². The van der Waals surface area contributed by atoms with E-state index in [1.54, 1.807) is 0 Å². The van der Waals surface area contributed by atoms with E-state index in [0.29, 0.717) is 17.6 Å². The van der Waals surface area contributed by atoms with Gasteiger partial charge in [-0.15, -0.1) is 11.3 Å². The van der Waals surface area contributed by atoms with Gasteiger partial charge < -0.3 is 4.42 Å². The molecule has 0 aliphatic heterocycles. The highest BCUT2D eigenvalue weighted by molar-refractivity contribution is 7.26. The highest BCUT2D eigenvalue weighted by Crippen LogP contribution is 2.43. The minimum atomic E-state index is 0.530. The van der Waals surface area contributed by atoms with Gasteiger partial charge in [-0.3, -0.25) is 4.57 Å². The third kappa shape index (κ3) is 6.56. The van der Waals surface area contributed by atoms with Crippen LogP contribution in [0.5, 0.6) is 0 Å². The van der Waals surface area contributed by atoms with Crippen LogP contribution in [0.2, 0.25) is 0 Å². The summed E-state index contributed by atoms with van der Waals surface area (Å²) >= 11 is 1.87. The van der Waals surface area contributed by atoms with Gasteiger partial charge in [0.05, 0.1) is 11.0 Å². The summed E-state index contributed by atoms with van der Waals surface area (Å²) in [5.74, 6) is 1.67. The predicted octanol–water partition coefficient (Wildman–Crippen LogP) is 17.2. The third-order valence-corrected chi connectivity index (χ3v) is 14.7. The molecule has 4 heterocycles. The molecule has 14 aromatic rings. The maximum absolute atomic E-state index is 6.38. The van der Waals surface area contributed by atoms with Crippen molar-refractivity contribution < 1.29 is 4.42 Å². The van der Waals surface area contributed by atoms with Gasteiger partial charge in [-0.2, -0.15) is 9.97 Å². The molecule has 0 atom stereocenters. The van der Waals surface area contributed by atoms with Gasteiger partial charge in [0.25, 0.3) is 0 Å². The lowest BCUT2D eigenvalue weighted by Crippen LogP contribution is -2.07. The molecule has 14 rings (SSSR count). The number of nitrogens with zero attached hydrogens (tertiary/aromatic N) is 4. The summed E-state index contributed by atoms with van der Waals surface area (Å²) in [6.45, 7) is 0. The fraction of sp³-hybridized carbons (Fsp3) is 0. The number of benzene rings is 10. The van der Waals surface area contributed by atoms with E-state index in [4.69, 9.17) is 19.4 Å². The summed E-state index contributed by atoms with van der Waals surface area (Å²) in [6, 6.07) is 81.8. The lowest BCUT2D eigenvalue weighted by molar-refractivity contribution is 0.669. The second-order valence-electron chi connectivity index (χ2n) is 17.5. The zero-order valence-electron chi connectivity index (χ0n) is 37.0. The molecular formula is C63H38N4OS. The summed E-state index contributed by atoms with van der Waals surface area (Å²) in [4.78, 5) is 15.9. The number of thiophene rings is 1. The van der Waals surface area contributed by atoms with Crippen LogP contribution < -0.4 is 0 Å². The first-order chi connectivity index (χ1) is 34.2. The maximum atomic E-state index is 6.38. The molecule has 322 valence electrons. The molecule has 0 spiro atoms. The van der Waals surface area contributed by atoms with Crippen molar-refractivity contribution in [2.45, 2.75) is 0 Å². The van der Waals surface area contributed by atoms with Crippen LogP contribution in [0.3, 0.4) is 0 Å². The number of fused-ring (bicyclic) bond motifs is 9. The number of para-hydroxylation sites is 2. The van der Waals surface area contributed by atoms with Crippen molar-refractivity contribution in [1.29, 1.82) is 0 Å². The lowest BCUT2D eigenvalue weighted by Gasteiger charge is -2.14. The molecule has 0 amide bonds. The summed E-state index contributed by atoms with van der Waals surface area (Å²) in [6.07, 6.45) is 0. The number of furan rings is 1. The van der Waals surface area contributed by atoms with Crippen LogP contribution in [0.15, 0.2) is 235 Å². The molecule has 69 heavy (non-hydrogen) atoms. The minimum Gasteiger partial charge on any atom is -0.456 e. The van der Waals surface area contributed by atoms with Crippen molar-refractivity contribution in [3.05, 3.63) is 231 Å². The van der Waals surface area contributed by atoms with Crippen LogP contribution >= 0.6 is 11.3 Å². The zero-order valence-corrected chi connectivity index (χ0v) is 37.9. The average Bonchev–Trinajstić information content (AvgIpc) is 4.11. The third-order valence-electron chi connectivity index (χ3n) is 13.5. The second kappa shape index (κ2) is 15.8. The molecule has 0 aliphatic rings. The summed E-state index contributed by atoms with van der Waals surface area (Å²) in [5, 5.41) is 6.95. The largest absolute Gasteiger partial charge is 0.456 e. The van der Waals surface area contributed by atoms with Crippen LogP contribution in [0.1, 0.15) is 0 Å². The fourth-order valence-corrected chi connectivity index (χ4v) is 11.4. The van der Waals surface area contributed by atoms with Crippen molar-refractivity contribution in [2.75, 3.05) is 0 Å². The van der Waals surface area contributed by atoms with Crippen LogP contribution in [-0.4, -0.2) is 19.5 Å². The number of hydrogen-bond acceptors (Lipinski definition) is 5. The van der Waals surface area contributed by atoms with Crippen LogP contribution in [0.25, 0.3) is 137 Å². The van der Waals surface area contributed by atoms with E-state index in [0.717, 1.165) is 88.3 Å². The van der Waals surface area contributed by atoms with Gasteiger partial charge in [0.1, 0.15) is 11.2 Å². The SMILES string of the molecule is c1ccc(-c2ccc3c(c2)c2cccc(-c4cccc(-c5cccc(-c6cccc7c6sc6ccccc67)c5)c4)c2n3-c2nc(-c3ccccc3)nc(-c3ccc4c(c3)oc3ccccc34)n2)cc1. The Kier molecular flexibility index (Phi) is 9.00. The van der Waals surface area contributed by atoms with Gasteiger partial charge in [0.2, 0.25) is 5.95 Å². The van der Waals surface area contributed by atoms with E-state index in [9.17, 15) is 0 Å². The Hall–Kier alpha value is -8.97. The summed E-state index contributed by atoms with van der Waals surface area (Å²) < 4.78 is 11.2. The standard InChI is InChI=1S/C63H38N4OS/c1-3-15-39(16-4-1)43-32-34-55-54(37-43)52-27-13-25-47(44-21-11-19-41(35-44)42-20-12-22-45(36-42)48-26-14-28-53-51-24-8-10-30-58(51)69-60(48)53)59(52)67(55)63-65-61(40-17-5-2-6-18-40)64-62(66-63)46-31-33-50-49-23-7-9-29-56(49)68-57(50)38-46/h1-38H. The molecule has 0 radical (unpaired) electrons. The van der Waals surface area contributed by atoms with Gasteiger partial charge in [0.15, 0.2) is 11.6 Å². The molecule has 6 heteroatoms. The van der Waals surface area contributed by atoms with Crippen molar-refractivity contribution in [1.82, 2.24) is 19.5 Å². The highest BCUT2D eigenvalue weighted by atomic mass is 32.1. The first kappa shape index (κ1) is 39.2. The normalized spacial score (nSPS) is 11.8. The Morgan fingerprint density at radius 1 is 0.333 bits per heavy atom. The maximum Gasteiger partial charge on any atom is 0.238 e. The second-order valence-corrected chi connectivity index (χ2v) is 18.6. The molecule has 0 N–H and O–H groups in total. The Balaban J connectivity index is 0.973. The summed E-state index contributed by atoms with van der Waals surface area (Å²) in [5.41, 5.74) is 14.6. The van der Waals surface area contributed by atoms with E-state index >= 15 is 0 Å². The van der Waals surface area contributed by atoms with Gasteiger partial charge in [-0.1, -0.05) is 182 Å². The fourth-order valence-electron chi connectivity index (χ4n) is 10.2. The average molecular weight is 899 g/mol. The Labute approximate surface area is 400 Å². The quantitative estimate of drug-likeness (QED) is 0.160. The molecule has 10 aromatic carbocycles. The molecule has 0 fully saturated rings. The molecule has 0 unspecified atom stereocenters. The first-order valence-electron chi connectivity index (χ1n) is 23.2. The van der Waals surface area contributed by atoms with Gasteiger partial charge in [0, 0.05) is 58.4 Å². The van der Waals surface area contributed by atoms with E-state index in [1.165, 1.54) is 31.3 Å². The minimum absolute atomic E-state index is 0.530. The topological polar surface area (TPSA) is 56.7 Å². The van der Waals surface area contributed by atoms with E-state index < -0.39 is 0 Å². The molecular weight excluding hydrogens is 861 g/mol. The first-order valence-corrected chi connectivity index (χ1v) is 24.0. The Morgan fingerprint density at radius 2 is 0.899 bits per heavy atom. The molecule has 0 aliphatic carbocycles. The van der Waals surface area contributed by atoms with E-state index in [-0.39, 0.29) is 0 Å². The molecule has 0 saturated carbocycles. The number of aromatic nitrogens is 4. The van der Waals surface area contributed by atoms with Crippen LogP contribution in [0.4, 0.5) is 0 Å². The molecule has 0 saturated heterocycles. The smallest absolute Gasteiger partial charge is 0.238 e. The predicted molar refractivity (Wildman–Crippen MR) is 287 cm³/mol. The Morgan fingerprint density at radius 3 is 1.70 bits per heavy atom. The molecule has 0 bridgehead atoms. The van der Waals surface area contributed by atoms with Crippen molar-refractivity contribution in [2.24, 2.45) is 0 Å². The highest BCUT2D eigenvalue weighted by Gasteiger charge is 2.22. The van der Waals surface area contributed by atoms with Crippen molar-refractivity contribution in [3.8, 4) is 73.2 Å². The monoisotopic (exact) mass is 898 g/mol. The van der Waals surface area contributed by atoms with E-state index in [1.807, 2.05) is 47.7 Å². The van der Waals surface area contributed by atoms with Crippen molar-refractivity contribution in [3.63, 3.8) is 0 Å². The van der Waals surface area contributed by atoms with Gasteiger partial charge in [-0.05, 0) is 87.5 Å². The van der Waals surface area contributed by atoms with Crippen LogP contribution in [0, 0.1) is 0 Å². The molecule has 4 aromatic heterocycles. The number of rotatable bonds is 7. The van der Waals surface area contributed by atoms with Gasteiger partial charge in [-0.25, -0.2) is 4.98 Å². The lowest BCUT2D eigenvalue weighted by atomic mass is 9.95. The van der Waals surface area contributed by atoms with Crippen LogP contribution in [-0.2, 0) is 0 Å². The van der Waals surface area contributed by atoms with E-state index in [2.05, 4.69) is 199 Å². The van der Waals surface area contributed by atoms with Crippen molar-refractivity contribution >= 4 is 75.3 Å². The number of hydrogen-bond donors (Lipinski definition) is 0. The summed E-state index contributed by atoms with van der Waals surface area (Å²) in [7, 11) is 0. The Bertz CT molecular complexity index is 4320. The molecule has 5 nitrogen and oxygen atoms in total. The zero-order chi connectivity index (χ0) is 45.4.